The van der Waals surface area contributed by atoms with Crippen molar-refractivity contribution in [3.05, 3.63) is 0 Å². The molecule has 1 atom stereocenters. The lowest BCUT2D eigenvalue weighted by molar-refractivity contribution is -0.148. The highest BCUT2D eigenvalue weighted by Crippen LogP contribution is 2.35. The molecule has 0 aromatic carbocycles. The fourth-order valence-electron chi connectivity index (χ4n) is 2.67. The molecule has 0 heterocycles. The second-order valence-corrected chi connectivity index (χ2v) is 5.76. The molecule has 0 aromatic heterocycles. The number of nitrogens with two attached hydrogens (primary N) is 1. The van der Waals surface area contributed by atoms with Crippen molar-refractivity contribution in [1.82, 2.24) is 5.32 Å². The van der Waals surface area contributed by atoms with Gasteiger partial charge in [-0.2, -0.15) is 0 Å². The number of ether oxygens (including phenoxy) is 1. The minimum absolute atomic E-state index is 0.00480. The molecule has 5 heteroatoms. The molecule has 0 aliphatic heterocycles. The van der Waals surface area contributed by atoms with E-state index in [9.17, 15) is 9.59 Å². The van der Waals surface area contributed by atoms with Gasteiger partial charge in [-0.25, -0.2) is 4.79 Å². The molecule has 0 spiro atoms. The van der Waals surface area contributed by atoms with Gasteiger partial charge < -0.3 is 15.8 Å². The molecule has 0 saturated heterocycles. The van der Waals surface area contributed by atoms with Gasteiger partial charge in [-0.1, -0.05) is 33.1 Å². The van der Waals surface area contributed by atoms with Gasteiger partial charge in [0.15, 0.2) is 0 Å². The Morgan fingerprint density at radius 1 is 1.26 bits per heavy atom. The van der Waals surface area contributed by atoms with Gasteiger partial charge in [-0.05, 0) is 18.8 Å². The number of methoxy groups -OCH3 is 1. The Morgan fingerprint density at radius 3 is 2.26 bits per heavy atom. The Balaban J connectivity index is 2.77. The lowest BCUT2D eigenvalue weighted by Gasteiger charge is -2.36. The molecule has 1 aliphatic carbocycles. The van der Waals surface area contributed by atoms with Crippen molar-refractivity contribution < 1.29 is 14.3 Å². The smallest absolute Gasteiger partial charge is 0.328 e. The van der Waals surface area contributed by atoms with E-state index in [1.807, 2.05) is 13.8 Å². The first-order chi connectivity index (χ1) is 8.96. The lowest BCUT2D eigenvalue weighted by atomic mass is 9.73. The second-order valence-electron chi connectivity index (χ2n) is 5.76. The number of carbonyl (C=O) groups is 2. The predicted molar refractivity (Wildman–Crippen MR) is 73.4 cm³/mol. The largest absolute Gasteiger partial charge is 0.467 e. The normalized spacial score (nSPS) is 19.8. The molecule has 19 heavy (non-hydrogen) atoms. The van der Waals surface area contributed by atoms with E-state index in [1.54, 1.807) is 0 Å². The maximum Gasteiger partial charge on any atom is 0.328 e. The van der Waals surface area contributed by atoms with Crippen molar-refractivity contribution in [3.8, 4) is 0 Å². The zero-order valence-corrected chi connectivity index (χ0v) is 12.2. The van der Waals surface area contributed by atoms with Gasteiger partial charge in [0.05, 0.1) is 12.5 Å². The first kappa shape index (κ1) is 16.0. The summed E-state index contributed by atoms with van der Waals surface area (Å²) in [6.45, 7) is 4.11. The molecule has 0 unspecified atom stereocenters. The molecule has 3 N–H and O–H groups in total. The van der Waals surface area contributed by atoms with Gasteiger partial charge >= 0.3 is 5.97 Å². The number of nitrogens with one attached hydrogen (secondary N) is 1. The summed E-state index contributed by atoms with van der Waals surface area (Å²) in [6.07, 6.45) is 4.81. The van der Waals surface area contributed by atoms with E-state index in [0.717, 1.165) is 32.1 Å². The van der Waals surface area contributed by atoms with E-state index in [0.29, 0.717) is 6.54 Å². The molecule has 1 aliphatic rings. The average Bonchev–Trinajstić information content (AvgIpc) is 2.43. The van der Waals surface area contributed by atoms with Gasteiger partial charge in [0.2, 0.25) is 5.91 Å². The zero-order chi connectivity index (χ0) is 14.5. The Labute approximate surface area is 115 Å². The molecule has 0 radical (unpaired) electrons. The summed E-state index contributed by atoms with van der Waals surface area (Å²) in [6, 6.07) is -0.595. The van der Waals surface area contributed by atoms with Crippen molar-refractivity contribution in [2.75, 3.05) is 13.7 Å². The average molecular weight is 270 g/mol. The van der Waals surface area contributed by atoms with Crippen LogP contribution in [-0.4, -0.2) is 31.6 Å². The van der Waals surface area contributed by atoms with Crippen molar-refractivity contribution in [1.29, 1.82) is 0 Å². The van der Waals surface area contributed by atoms with E-state index in [1.165, 1.54) is 7.11 Å². The van der Waals surface area contributed by atoms with Crippen LogP contribution in [0.1, 0.15) is 46.0 Å². The van der Waals surface area contributed by atoms with Crippen molar-refractivity contribution in [3.63, 3.8) is 0 Å². The topological polar surface area (TPSA) is 81.4 Å². The predicted octanol–water partition coefficient (Wildman–Crippen LogP) is 1.21. The molecule has 0 bridgehead atoms. The Morgan fingerprint density at radius 2 is 1.84 bits per heavy atom. The maximum absolute atomic E-state index is 12.5. The SMILES string of the molecule is COC(=O)[C@@H](NC(=O)C1(CN)CCCCC1)C(C)C. The van der Waals surface area contributed by atoms with Gasteiger partial charge in [0.1, 0.15) is 6.04 Å². The summed E-state index contributed by atoms with van der Waals surface area (Å²) in [7, 11) is 1.34. The summed E-state index contributed by atoms with van der Waals surface area (Å²) in [5.41, 5.74) is 5.32. The van der Waals surface area contributed by atoms with Gasteiger partial charge in [0.25, 0.3) is 0 Å². The van der Waals surface area contributed by atoms with Crippen LogP contribution in [0.15, 0.2) is 0 Å². The number of hydrogen-bond acceptors (Lipinski definition) is 4. The summed E-state index contributed by atoms with van der Waals surface area (Å²) in [4.78, 5) is 24.2. The van der Waals surface area contributed by atoms with E-state index < -0.39 is 17.4 Å². The number of amides is 1. The molecular weight excluding hydrogens is 244 g/mol. The molecule has 1 amide bonds. The highest BCUT2D eigenvalue weighted by Gasteiger charge is 2.40. The van der Waals surface area contributed by atoms with E-state index in [4.69, 9.17) is 10.5 Å². The monoisotopic (exact) mass is 270 g/mol. The van der Waals surface area contributed by atoms with Crippen LogP contribution in [0.5, 0.6) is 0 Å². The highest BCUT2D eigenvalue weighted by atomic mass is 16.5. The fraction of sp³-hybridized carbons (Fsp3) is 0.857. The maximum atomic E-state index is 12.5. The molecule has 1 saturated carbocycles. The zero-order valence-electron chi connectivity index (χ0n) is 12.2. The van der Waals surface area contributed by atoms with Gasteiger partial charge in [-0.15, -0.1) is 0 Å². The van der Waals surface area contributed by atoms with Crippen LogP contribution in [0.3, 0.4) is 0 Å². The van der Waals surface area contributed by atoms with Crippen LogP contribution in [0.2, 0.25) is 0 Å². The van der Waals surface area contributed by atoms with Crippen LogP contribution < -0.4 is 11.1 Å². The van der Waals surface area contributed by atoms with Crippen molar-refractivity contribution >= 4 is 11.9 Å². The number of hydrogen-bond donors (Lipinski definition) is 2. The molecule has 110 valence electrons. The number of carbonyl (C=O) groups excluding carboxylic acids is 2. The fourth-order valence-corrected chi connectivity index (χ4v) is 2.67. The molecule has 1 rings (SSSR count). The number of rotatable bonds is 5. The third-order valence-electron chi connectivity index (χ3n) is 4.09. The number of esters is 1. The minimum atomic E-state index is -0.595. The lowest BCUT2D eigenvalue weighted by Crippen LogP contribution is -2.53. The summed E-state index contributed by atoms with van der Waals surface area (Å²) < 4.78 is 4.74. The Bertz CT molecular complexity index is 323. The first-order valence-electron chi connectivity index (χ1n) is 7.05. The summed E-state index contributed by atoms with van der Waals surface area (Å²) in [5, 5.41) is 2.84. The first-order valence-corrected chi connectivity index (χ1v) is 7.05. The van der Waals surface area contributed by atoms with E-state index in [-0.39, 0.29) is 11.8 Å². The molecule has 0 aromatic rings. The van der Waals surface area contributed by atoms with Gasteiger partial charge in [0, 0.05) is 6.54 Å². The van der Waals surface area contributed by atoms with Crippen LogP contribution >= 0.6 is 0 Å². The molecule has 1 fully saturated rings. The molecule has 5 nitrogen and oxygen atoms in total. The van der Waals surface area contributed by atoms with Gasteiger partial charge in [-0.3, -0.25) is 4.79 Å². The second kappa shape index (κ2) is 6.89. The summed E-state index contributed by atoms with van der Waals surface area (Å²) >= 11 is 0. The third kappa shape index (κ3) is 3.69. The Hall–Kier alpha value is -1.10. The van der Waals surface area contributed by atoms with E-state index >= 15 is 0 Å². The quantitative estimate of drug-likeness (QED) is 0.736. The van der Waals surface area contributed by atoms with Crippen LogP contribution in [0.25, 0.3) is 0 Å². The van der Waals surface area contributed by atoms with Crippen molar-refractivity contribution in [2.24, 2.45) is 17.1 Å². The van der Waals surface area contributed by atoms with Crippen LogP contribution in [0, 0.1) is 11.3 Å². The van der Waals surface area contributed by atoms with Crippen LogP contribution in [0.4, 0.5) is 0 Å². The Kier molecular flexibility index (Phi) is 5.79. The minimum Gasteiger partial charge on any atom is -0.467 e. The molecular formula is C14H26N2O3. The van der Waals surface area contributed by atoms with E-state index in [2.05, 4.69) is 5.32 Å². The standard InChI is InChI=1S/C14H26N2O3/c1-10(2)11(12(17)19-3)16-13(18)14(9-15)7-5-4-6-8-14/h10-11H,4-9,15H2,1-3H3,(H,16,18)/t11-/m0/s1. The third-order valence-corrected chi connectivity index (χ3v) is 4.09. The summed E-state index contributed by atoms with van der Waals surface area (Å²) in [5.74, 6) is -0.500. The highest BCUT2D eigenvalue weighted by molar-refractivity contribution is 5.88. The van der Waals surface area contributed by atoms with Crippen LogP contribution in [-0.2, 0) is 14.3 Å². The van der Waals surface area contributed by atoms with Crippen molar-refractivity contribution in [2.45, 2.75) is 52.0 Å².